The van der Waals surface area contributed by atoms with E-state index in [0.29, 0.717) is 11.7 Å². The highest BCUT2D eigenvalue weighted by Crippen LogP contribution is 2.41. The summed E-state index contributed by atoms with van der Waals surface area (Å²) >= 11 is 0. The second kappa shape index (κ2) is 6.95. The molecule has 0 unspecified atom stereocenters. The number of nitrogens with zero attached hydrogens (tertiary/aromatic N) is 2. The summed E-state index contributed by atoms with van der Waals surface area (Å²) in [6, 6.07) is 11.1. The average molecular weight is 366 g/mol. The van der Waals surface area contributed by atoms with Crippen molar-refractivity contribution in [1.29, 1.82) is 0 Å². The average Bonchev–Trinajstić information content (AvgIpc) is 3.47. The number of ether oxygens (including phenoxy) is 2. The molecule has 0 radical (unpaired) electrons. The number of hydrogen-bond donors (Lipinski definition) is 1. The molecule has 140 valence electrons. The van der Waals surface area contributed by atoms with Crippen LogP contribution >= 0.6 is 0 Å². The monoisotopic (exact) mass is 366 g/mol. The smallest absolute Gasteiger partial charge is 0.335 e. The van der Waals surface area contributed by atoms with E-state index in [1.807, 2.05) is 24.3 Å². The van der Waals surface area contributed by atoms with Crippen LogP contribution < -0.4 is 9.47 Å². The van der Waals surface area contributed by atoms with Crippen LogP contribution in [0.5, 0.6) is 11.5 Å². The van der Waals surface area contributed by atoms with E-state index >= 15 is 0 Å². The predicted octanol–water partition coefficient (Wildman–Crippen LogP) is 3.87. The summed E-state index contributed by atoms with van der Waals surface area (Å²) in [5, 5.41) is 9.23. The van der Waals surface area contributed by atoms with E-state index in [1.165, 1.54) is 0 Å². The van der Waals surface area contributed by atoms with E-state index < -0.39 is 5.97 Å². The van der Waals surface area contributed by atoms with Gasteiger partial charge in [0.2, 0.25) is 0 Å². The molecule has 3 aromatic rings. The maximum absolute atomic E-state index is 11.2. The Bertz CT molecular complexity index is 1000. The molecule has 0 bridgehead atoms. The molecule has 4 rings (SSSR count). The number of carboxylic acids is 1. The third-order valence-electron chi connectivity index (χ3n) is 5.04. The molecule has 1 aliphatic rings. The van der Waals surface area contributed by atoms with E-state index in [0.717, 1.165) is 54.0 Å². The molecule has 1 saturated carbocycles. The summed E-state index contributed by atoms with van der Waals surface area (Å²) in [5.74, 6) is 2.06. The first kappa shape index (κ1) is 17.4. The molecule has 1 fully saturated rings. The summed E-state index contributed by atoms with van der Waals surface area (Å²) < 4.78 is 12.9. The number of aromatic carboxylic acids is 1. The lowest BCUT2D eigenvalue weighted by molar-refractivity contribution is 0.0697. The number of aryl methyl sites for hydroxylation is 2. The lowest BCUT2D eigenvalue weighted by Gasteiger charge is -2.12. The van der Waals surface area contributed by atoms with Gasteiger partial charge in [0.05, 0.1) is 30.8 Å². The van der Waals surface area contributed by atoms with Crippen LogP contribution in [0.3, 0.4) is 0 Å². The molecule has 1 N–H and O–H groups in total. The molecule has 1 aliphatic carbocycles. The van der Waals surface area contributed by atoms with Crippen molar-refractivity contribution in [3.05, 3.63) is 53.3 Å². The molecule has 0 saturated heterocycles. The Morgan fingerprint density at radius 3 is 2.59 bits per heavy atom. The van der Waals surface area contributed by atoms with Gasteiger partial charge in [0.1, 0.15) is 5.82 Å². The van der Waals surface area contributed by atoms with E-state index in [9.17, 15) is 9.90 Å². The topological polar surface area (TPSA) is 73.6 Å². The van der Waals surface area contributed by atoms with Crippen LogP contribution in [-0.4, -0.2) is 34.8 Å². The molecule has 2 aromatic carbocycles. The first-order valence-electron chi connectivity index (χ1n) is 9.05. The number of aromatic nitrogens is 2. The van der Waals surface area contributed by atoms with Crippen LogP contribution in [0.25, 0.3) is 11.0 Å². The minimum Gasteiger partial charge on any atom is -0.493 e. The van der Waals surface area contributed by atoms with Gasteiger partial charge in [-0.2, -0.15) is 0 Å². The van der Waals surface area contributed by atoms with Gasteiger partial charge in [0, 0.05) is 12.5 Å². The fraction of sp³-hybridized carbons (Fsp3) is 0.333. The van der Waals surface area contributed by atoms with Crippen molar-refractivity contribution in [2.45, 2.75) is 31.7 Å². The van der Waals surface area contributed by atoms with Gasteiger partial charge >= 0.3 is 5.97 Å². The van der Waals surface area contributed by atoms with Gasteiger partial charge in [-0.05, 0) is 55.2 Å². The first-order valence-corrected chi connectivity index (χ1v) is 9.05. The standard InChI is InChI=1S/C21H22N2O4/c1-26-18-8-3-13(11-19(18)27-2)9-10-23-17-7-6-15(21(24)25)12-16(17)22-20(23)14-4-5-14/h3,6-8,11-12,14H,4-5,9-10H2,1-2H3,(H,24,25). The second-order valence-corrected chi connectivity index (χ2v) is 6.84. The second-order valence-electron chi connectivity index (χ2n) is 6.84. The van der Waals surface area contributed by atoms with E-state index in [2.05, 4.69) is 4.57 Å². The molecule has 1 aromatic heterocycles. The van der Waals surface area contributed by atoms with Gasteiger partial charge in [-0.25, -0.2) is 9.78 Å². The molecular formula is C21H22N2O4. The van der Waals surface area contributed by atoms with Crippen LogP contribution in [0.1, 0.15) is 40.5 Å². The third-order valence-corrected chi connectivity index (χ3v) is 5.04. The number of benzene rings is 2. The maximum Gasteiger partial charge on any atom is 0.335 e. The molecule has 6 nitrogen and oxygen atoms in total. The largest absolute Gasteiger partial charge is 0.493 e. The molecule has 6 heteroatoms. The van der Waals surface area contributed by atoms with Gasteiger partial charge in [0.15, 0.2) is 11.5 Å². The van der Waals surface area contributed by atoms with Crippen LogP contribution in [0.2, 0.25) is 0 Å². The Balaban J connectivity index is 1.65. The maximum atomic E-state index is 11.2. The minimum atomic E-state index is -0.926. The van der Waals surface area contributed by atoms with Crippen molar-refractivity contribution in [2.75, 3.05) is 14.2 Å². The van der Waals surface area contributed by atoms with Crippen LogP contribution in [0.15, 0.2) is 36.4 Å². The summed E-state index contributed by atoms with van der Waals surface area (Å²) in [5.41, 5.74) is 3.17. The van der Waals surface area contributed by atoms with Gasteiger partial charge in [-0.1, -0.05) is 6.07 Å². The zero-order valence-electron chi connectivity index (χ0n) is 15.4. The lowest BCUT2D eigenvalue weighted by Crippen LogP contribution is -2.06. The fourth-order valence-electron chi connectivity index (χ4n) is 3.45. The van der Waals surface area contributed by atoms with Crippen molar-refractivity contribution in [2.24, 2.45) is 0 Å². The predicted molar refractivity (Wildman–Crippen MR) is 102 cm³/mol. The van der Waals surface area contributed by atoms with Crippen LogP contribution in [0.4, 0.5) is 0 Å². The Labute approximate surface area is 157 Å². The number of methoxy groups -OCH3 is 2. The Hall–Kier alpha value is -3.02. The van der Waals surface area contributed by atoms with Crippen LogP contribution in [-0.2, 0) is 13.0 Å². The highest BCUT2D eigenvalue weighted by atomic mass is 16.5. The number of hydrogen-bond acceptors (Lipinski definition) is 4. The van der Waals surface area contributed by atoms with E-state index in [4.69, 9.17) is 14.5 Å². The van der Waals surface area contributed by atoms with Gasteiger partial charge in [-0.3, -0.25) is 0 Å². The molecule has 27 heavy (non-hydrogen) atoms. The molecule has 0 spiro atoms. The Morgan fingerprint density at radius 2 is 1.93 bits per heavy atom. The number of carbonyl (C=O) groups is 1. The highest BCUT2D eigenvalue weighted by Gasteiger charge is 2.29. The molecule has 0 aliphatic heterocycles. The SMILES string of the molecule is COc1ccc(CCn2c(C3CC3)nc3cc(C(=O)O)ccc32)cc1OC. The van der Waals surface area contributed by atoms with Crippen molar-refractivity contribution in [1.82, 2.24) is 9.55 Å². The summed E-state index contributed by atoms with van der Waals surface area (Å²) in [4.78, 5) is 16.0. The minimum absolute atomic E-state index is 0.273. The molecule has 1 heterocycles. The zero-order valence-corrected chi connectivity index (χ0v) is 15.4. The lowest BCUT2D eigenvalue weighted by atomic mass is 10.1. The number of rotatable bonds is 7. The third kappa shape index (κ3) is 3.35. The summed E-state index contributed by atoms with van der Waals surface area (Å²) in [6.45, 7) is 0.782. The molecule has 0 atom stereocenters. The molecular weight excluding hydrogens is 344 g/mol. The summed E-state index contributed by atoms with van der Waals surface area (Å²) in [6.07, 6.45) is 3.11. The van der Waals surface area contributed by atoms with Gasteiger partial charge in [0.25, 0.3) is 0 Å². The Kier molecular flexibility index (Phi) is 4.48. The van der Waals surface area contributed by atoms with Crippen LogP contribution in [0, 0.1) is 0 Å². The number of carboxylic acid groups (broad SMARTS) is 1. The van der Waals surface area contributed by atoms with Crippen molar-refractivity contribution in [3.8, 4) is 11.5 Å². The highest BCUT2D eigenvalue weighted by molar-refractivity contribution is 5.92. The van der Waals surface area contributed by atoms with Gasteiger partial charge < -0.3 is 19.1 Å². The molecule has 0 amide bonds. The zero-order chi connectivity index (χ0) is 19.0. The van der Waals surface area contributed by atoms with Crippen molar-refractivity contribution >= 4 is 17.0 Å². The van der Waals surface area contributed by atoms with Crippen molar-refractivity contribution in [3.63, 3.8) is 0 Å². The fourth-order valence-corrected chi connectivity index (χ4v) is 3.45. The van der Waals surface area contributed by atoms with E-state index in [1.54, 1.807) is 26.4 Å². The van der Waals surface area contributed by atoms with Crippen molar-refractivity contribution < 1.29 is 19.4 Å². The summed E-state index contributed by atoms with van der Waals surface area (Å²) in [7, 11) is 3.26. The van der Waals surface area contributed by atoms with Gasteiger partial charge in [-0.15, -0.1) is 0 Å². The first-order chi connectivity index (χ1) is 13.1. The number of fused-ring (bicyclic) bond motifs is 1. The number of imidazole rings is 1. The Morgan fingerprint density at radius 1 is 1.15 bits per heavy atom. The normalized spacial score (nSPS) is 13.7. The van der Waals surface area contributed by atoms with E-state index in [-0.39, 0.29) is 5.56 Å². The quantitative estimate of drug-likeness (QED) is 0.687.